The molecular formula is C16H27ClN2O2. The van der Waals surface area contributed by atoms with Crippen LogP contribution in [0.4, 0.5) is 0 Å². The van der Waals surface area contributed by atoms with Crippen molar-refractivity contribution in [3.05, 3.63) is 35.9 Å². The molecule has 0 saturated heterocycles. The lowest BCUT2D eigenvalue weighted by atomic mass is 9.81. The van der Waals surface area contributed by atoms with Crippen LogP contribution in [0.25, 0.3) is 0 Å². The highest BCUT2D eigenvalue weighted by Crippen LogP contribution is 2.25. The fourth-order valence-corrected chi connectivity index (χ4v) is 2.33. The summed E-state index contributed by atoms with van der Waals surface area (Å²) in [6.45, 7) is 4.83. The average Bonchev–Trinajstić information content (AvgIpc) is 2.51. The maximum Gasteiger partial charge on any atom is 0.227 e. The molecule has 3 N–H and O–H groups in total. The van der Waals surface area contributed by atoms with Gasteiger partial charge in [-0.25, -0.2) is 0 Å². The van der Waals surface area contributed by atoms with Crippen LogP contribution in [0.2, 0.25) is 0 Å². The van der Waals surface area contributed by atoms with Crippen LogP contribution in [0.5, 0.6) is 0 Å². The standard InChI is InChI=1S/C16H26N2O2.ClH/c1-4-16(5-2,12-17)15(19)18-11-14(20-3)13-9-7-6-8-10-13;/h6-10,14H,4-5,11-12,17H2,1-3H3,(H,18,19);1H. The largest absolute Gasteiger partial charge is 0.375 e. The molecule has 0 aliphatic carbocycles. The van der Waals surface area contributed by atoms with E-state index in [1.165, 1.54) is 0 Å². The van der Waals surface area contributed by atoms with Crippen molar-refractivity contribution in [3.63, 3.8) is 0 Å². The van der Waals surface area contributed by atoms with E-state index in [1.807, 2.05) is 44.2 Å². The number of methoxy groups -OCH3 is 1. The molecular weight excluding hydrogens is 288 g/mol. The number of carbonyl (C=O) groups is 1. The molecule has 0 spiro atoms. The van der Waals surface area contributed by atoms with Gasteiger partial charge in [0.05, 0.1) is 11.5 Å². The minimum atomic E-state index is -0.463. The first-order valence-corrected chi connectivity index (χ1v) is 7.19. The van der Waals surface area contributed by atoms with Crippen LogP contribution in [0, 0.1) is 5.41 Å². The molecule has 120 valence electrons. The number of benzene rings is 1. The van der Waals surface area contributed by atoms with Crippen LogP contribution in [-0.4, -0.2) is 26.1 Å². The minimum absolute atomic E-state index is 0. The number of hydrogen-bond acceptors (Lipinski definition) is 3. The minimum Gasteiger partial charge on any atom is -0.375 e. The number of rotatable bonds is 8. The van der Waals surface area contributed by atoms with E-state index in [0.29, 0.717) is 13.1 Å². The maximum absolute atomic E-state index is 12.4. The Kier molecular flexibility index (Phi) is 9.26. The number of halogens is 1. The quantitative estimate of drug-likeness (QED) is 0.775. The highest BCUT2D eigenvalue weighted by Gasteiger charge is 2.33. The SMILES string of the molecule is CCC(CC)(CN)C(=O)NCC(OC)c1ccccc1.Cl. The van der Waals surface area contributed by atoms with Gasteiger partial charge in [-0.2, -0.15) is 0 Å². The summed E-state index contributed by atoms with van der Waals surface area (Å²) in [5, 5.41) is 2.98. The normalized spacial score (nSPS) is 12.4. The molecule has 0 aliphatic heterocycles. The Morgan fingerprint density at radius 2 is 1.86 bits per heavy atom. The first-order chi connectivity index (χ1) is 9.63. The van der Waals surface area contributed by atoms with Gasteiger partial charge in [0.25, 0.3) is 0 Å². The first-order valence-electron chi connectivity index (χ1n) is 7.19. The Bertz CT molecular complexity index is 400. The summed E-state index contributed by atoms with van der Waals surface area (Å²) in [7, 11) is 1.65. The molecule has 0 aromatic heterocycles. The van der Waals surface area contributed by atoms with Crippen molar-refractivity contribution in [2.45, 2.75) is 32.8 Å². The van der Waals surface area contributed by atoms with Gasteiger partial charge in [-0.3, -0.25) is 4.79 Å². The van der Waals surface area contributed by atoms with E-state index in [9.17, 15) is 4.79 Å². The smallest absolute Gasteiger partial charge is 0.227 e. The summed E-state index contributed by atoms with van der Waals surface area (Å²) in [5.41, 5.74) is 6.38. The molecule has 1 unspecified atom stereocenters. The second-order valence-corrected chi connectivity index (χ2v) is 5.04. The lowest BCUT2D eigenvalue weighted by Crippen LogP contribution is -2.46. The van der Waals surface area contributed by atoms with Crippen LogP contribution < -0.4 is 11.1 Å². The molecule has 0 bridgehead atoms. The van der Waals surface area contributed by atoms with E-state index in [1.54, 1.807) is 7.11 Å². The Labute approximate surface area is 133 Å². The number of ether oxygens (including phenoxy) is 1. The van der Waals surface area contributed by atoms with Crippen molar-refractivity contribution >= 4 is 18.3 Å². The molecule has 1 amide bonds. The number of nitrogens with two attached hydrogens (primary N) is 1. The van der Waals surface area contributed by atoms with Crippen molar-refractivity contribution in [2.24, 2.45) is 11.1 Å². The van der Waals surface area contributed by atoms with E-state index >= 15 is 0 Å². The summed E-state index contributed by atoms with van der Waals surface area (Å²) in [6, 6.07) is 9.88. The van der Waals surface area contributed by atoms with Gasteiger partial charge in [-0.15, -0.1) is 12.4 Å². The molecule has 1 aromatic rings. The summed E-state index contributed by atoms with van der Waals surface area (Å²) in [6.07, 6.45) is 1.35. The van der Waals surface area contributed by atoms with Crippen molar-refractivity contribution in [2.75, 3.05) is 20.2 Å². The third-order valence-corrected chi connectivity index (χ3v) is 4.13. The number of nitrogens with one attached hydrogen (secondary N) is 1. The van der Waals surface area contributed by atoms with Crippen molar-refractivity contribution in [3.8, 4) is 0 Å². The van der Waals surface area contributed by atoms with Crippen LogP contribution in [0.15, 0.2) is 30.3 Å². The molecule has 0 heterocycles. The van der Waals surface area contributed by atoms with E-state index in [0.717, 1.165) is 18.4 Å². The monoisotopic (exact) mass is 314 g/mol. The molecule has 4 nitrogen and oxygen atoms in total. The maximum atomic E-state index is 12.4. The Morgan fingerprint density at radius 3 is 2.29 bits per heavy atom. The van der Waals surface area contributed by atoms with E-state index in [2.05, 4.69) is 5.32 Å². The zero-order chi connectivity index (χ0) is 15.0. The zero-order valence-corrected chi connectivity index (χ0v) is 13.9. The third-order valence-electron chi connectivity index (χ3n) is 4.13. The summed E-state index contributed by atoms with van der Waals surface area (Å²) < 4.78 is 5.45. The third kappa shape index (κ3) is 4.99. The van der Waals surface area contributed by atoms with E-state index in [4.69, 9.17) is 10.5 Å². The second-order valence-electron chi connectivity index (χ2n) is 5.04. The molecule has 1 atom stereocenters. The summed E-state index contributed by atoms with van der Waals surface area (Å²) in [4.78, 5) is 12.4. The van der Waals surface area contributed by atoms with Gasteiger partial charge in [0.2, 0.25) is 5.91 Å². The highest BCUT2D eigenvalue weighted by atomic mass is 35.5. The molecule has 1 rings (SSSR count). The lowest BCUT2D eigenvalue weighted by molar-refractivity contribution is -0.131. The molecule has 1 aromatic carbocycles. The summed E-state index contributed by atoms with van der Waals surface area (Å²) >= 11 is 0. The van der Waals surface area contributed by atoms with Crippen LogP contribution in [0.3, 0.4) is 0 Å². The fourth-order valence-electron chi connectivity index (χ4n) is 2.33. The van der Waals surface area contributed by atoms with Crippen LogP contribution >= 0.6 is 12.4 Å². The van der Waals surface area contributed by atoms with Gasteiger partial charge in [0.15, 0.2) is 0 Å². The zero-order valence-electron chi connectivity index (χ0n) is 13.1. The highest BCUT2D eigenvalue weighted by molar-refractivity contribution is 5.85. The number of amides is 1. The topological polar surface area (TPSA) is 64.4 Å². The van der Waals surface area contributed by atoms with Gasteiger partial charge in [0.1, 0.15) is 0 Å². The first kappa shape index (κ1) is 19.9. The average molecular weight is 315 g/mol. The van der Waals surface area contributed by atoms with E-state index in [-0.39, 0.29) is 24.4 Å². The molecule has 0 radical (unpaired) electrons. The predicted molar refractivity (Wildman–Crippen MR) is 88.5 cm³/mol. The van der Waals surface area contributed by atoms with Gasteiger partial charge >= 0.3 is 0 Å². The number of hydrogen-bond donors (Lipinski definition) is 2. The molecule has 21 heavy (non-hydrogen) atoms. The predicted octanol–water partition coefficient (Wildman–Crippen LogP) is 2.68. The molecule has 0 fully saturated rings. The van der Waals surface area contributed by atoms with Crippen LogP contribution in [-0.2, 0) is 9.53 Å². The van der Waals surface area contributed by atoms with Crippen molar-refractivity contribution < 1.29 is 9.53 Å². The number of carbonyl (C=O) groups excluding carboxylic acids is 1. The van der Waals surface area contributed by atoms with Gasteiger partial charge in [-0.05, 0) is 18.4 Å². The Hall–Kier alpha value is -1.10. The summed E-state index contributed by atoms with van der Waals surface area (Å²) in [5.74, 6) is 0.0166. The molecule has 0 aliphatic rings. The Morgan fingerprint density at radius 1 is 1.29 bits per heavy atom. The van der Waals surface area contributed by atoms with Crippen molar-refractivity contribution in [1.29, 1.82) is 0 Å². The Balaban J connectivity index is 0.00000400. The lowest BCUT2D eigenvalue weighted by Gasteiger charge is -2.29. The van der Waals surface area contributed by atoms with Crippen molar-refractivity contribution in [1.82, 2.24) is 5.32 Å². The molecule has 0 saturated carbocycles. The second kappa shape index (κ2) is 9.77. The molecule has 5 heteroatoms. The fraction of sp³-hybridized carbons (Fsp3) is 0.562. The van der Waals surface area contributed by atoms with Gasteiger partial charge < -0.3 is 15.8 Å². The van der Waals surface area contributed by atoms with Gasteiger partial charge in [-0.1, -0.05) is 44.2 Å². The van der Waals surface area contributed by atoms with E-state index < -0.39 is 5.41 Å². The van der Waals surface area contributed by atoms with Crippen LogP contribution in [0.1, 0.15) is 38.4 Å². The van der Waals surface area contributed by atoms with Gasteiger partial charge in [0, 0.05) is 20.2 Å².